The quantitative estimate of drug-likeness (QED) is 0.192. The lowest BCUT2D eigenvalue weighted by molar-refractivity contribution is -0.136. The molecule has 0 N–H and O–H groups in total. The van der Waals surface area contributed by atoms with Gasteiger partial charge in [-0.2, -0.15) is 13.2 Å². The number of fused-ring (bicyclic) bond motifs is 1. The van der Waals surface area contributed by atoms with Crippen LogP contribution >= 0.6 is 15.9 Å². The second-order valence-electron chi connectivity index (χ2n) is 9.39. The average Bonchev–Trinajstić information content (AvgIpc) is 2.92. The number of benzene rings is 2. The molecule has 5 aromatic rings. The van der Waals surface area contributed by atoms with Crippen molar-refractivity contribution in [1.29, 1.82) is 0 Å². The standard InChI is InChI=1S/C23H17F3N2O3S.C6H6BrNO2S/c1-14-11-28-22-19(7-4-8-20(22)23(24,25)26)21(14)15-5-3-6-16(9-15)31-17-10-18(13-27-12-17)32(2,29)30;1-11(9,10)6-2-5(7)3-8-4-6/h3-13H,1-2H3;2-4H,1H3. The van der Waals surface area contributed by atoms with Crippen LogP contribution in [0.3, 0.4) is 0 Å². The fourth-order valence-electron chi connectivity index (χ4n) is 4.04. The molecule has 0 aliphatic carbocycles. The molecule has 14 heteroatoms. The highest BCUT2D eigenvalue weighted by Crippen LogP contribution is 2.39. The molecule has 3 aromatic heterocycles. The minimum Gasteiger partial charge on any atom is -0.456 e. The highest BCUT2D eigenvalue weighted by Gasteiger charge is 2.33. The van der Waals surface area contributed by atoms with Gasteiger partial charge in [0.2, 0.25) is 0 Å². The van der Waals surface area contributed by atoms with Crippen LogP contribution in [-0.4, -0.2) is 44.3 Å². The Balaban J connectivity index is 0.000000324. The predicted octanol–water partition coefficient (Wildman–Crippen LogP) is 7.07. The summed E-state index contributed by atoms with van der Waals surface area (Å²) >= 11 is 3.13. The molecule has 0 atom stereocenters. The highest BCUT2D eigenvalue weighted by molar-refractivity contribution is 9.10. The first-order valence-corrected chi connectivity index (χ1v) is 16.8. The summed E-state index contributed by atoms with van der Waals surface area (Å²) in [5, 5.41) is 0.373. The minimum absolute atomic E-state index is 0.0156. The Hall–Kier alpha value is -3.88. The maximum absolute atomic E-state index is 13.5. The van der Waals surface area contributed by atoms with Crippen molar-refractivity contribution in [3.8, 4) is 22.6 Å². The second kappa shape index (κ2) is 12.4. The van der Waals surface area contributed by atoms with E-state index in [1.165, 1.54) is 49.2 Å². The van der Waals surface area contributed by atoms with Crippen LogP contribution in [0.15, 0.2) is 99.8 Å². The molecule has 0 radical (unpaired) electrons. The third kappa shape index (κ3) is 7.94. The van der Waals surface area contributed by atoms with Gasteiger partial charge in [0.05, 0.1) is 27.1 Å². The molecule has 0 spiro atoms. The number of ether oxygens (including phenoxy) is 1. The third-order valence-corrected chi connectivity index (χ3v) is 8.57. The molecule has 0 aliphatic rings. The largest absolute Gasteiger partial charge is 0.456 e. The Morgan fingerprint density at radius 1 is 0.767 bits per heavy atom. The normalized spacial score (nSPS) is 12.0. The van der Waals surface area contributed by atoms with Crippen molar-refractivity contribution in [2.45, 2.75) is 22.9 Å². The van der Waals surface area contributed by atoms with Gasteiger partial charge in [-0.15, -0.1) is 0 Å². The number of alkyl halides is 3. The van der Waals surface area contributed by atoms with Crippen LogP contribution in [0.4, 0.5) is 13.2 Å². The lowest BCUT2D eigenvalue weighted by Crippen LogP contribution is -2.07. The van der Waals surface area contributed by atoms with Crippen LogP contribution < -0.4 is 4.74 Å². The molecule has 0 saturated heterocycles. The summed E-state index contributed by atoms with van der Waals surface area (Å²) in [6.45, 7) is 1.77. The van der Waals surface area contributed by atoms with E-state index >= 15 is 0 Å². The molecule has 0 unspecified atom stereocenters. The number of aromatic nitrogens is 3. The zero-order valence-electron chi connectivity index (χ0n) is 22.8. The SMILES string of the molecule is CS(=O)(=O)c1cncc(Br)c1.Cc1cnc2c(C(F)(F)F)cccc2c1-c1cccc(Oc2cncc(S(C)(=O)=O)c2)c1. The molecular formula is C29H23BrF3N3O5S2. The van der Waals surface area contributed by atoms with E-state index in [9.17, 15) is 30.0 Å². The second-order valence-corrected chi connectivity index (χ2v) is 14.3. The number of nitrogens with zero attached hydrogens (tertiary/aromatic N) is 3. The molecule has 3 heterocycles. The number of pyridine rings is 3. The maximum Gasteiger partial charge on any atom is 0.418 e. The van der Waals surface area contributed by atoms with Crippen LogP contribution in [0, 0.1) is 6.92 Å². The fourth-order valence-corrected chi connectivity index (χ4v) is 5.73. The van der Waals surface area contributed by atoms with Crippen molar-refractivity contribution < 1.29 is 34.7 Å². The van der Waals surface area contributed by atoms with Gasteiger partial charge in [-0.25, -0.2) is 16.8 Å². The highest BCUT2D eigenvalue weighted by atomic mass is 79.9. The van der Waals surface area contributed by atoms with Gasteiger partial charge >= 0.3 is 6.18 Å². The number of rotatable bonds is 5. The minimum atomic E-state index is -4.53. The number of hydrogen-bond donors (Lipinski definition) is 0. The zero-order valence-corrected chi connectivity index (χ0v) is 26.0. The molecule has 0 aliphatic heterocycles. The van der Waals surface area contributed by atoms with Gasteiger partial charge in [0.1, 0.15) is 11.5 Å². The Bertz CT molecular complexity index is 2040. The topological polar surface area (TPSA) is 116 Å². The lowest BCUT2D eigenvalue weighted by Gasteiger charge is -2.15. The summed E-state index contributed by atoms with van der Waals surface area (Å²) in [7, 11) is -6.57. The van der Waals surface area contributed by atoms with Gasteiger partial charge in [0, 0.05) is 53.2 Å². The first kappa shape index (κ1) is 32.0. The molecule has 0 saturated carbocycles. The van der Waals surface area contributed by atoms with E-state index < -0.39 is 31.4 Å². The van der Waals surface area contributed by atoms with E-state index in [-0.39, 0.29) is 21.1 Å². The van der Waals surface area contributed by atoms with Crippen LogP contribution in [0.2, 0.25) is 0 Å². The molecule has 0 amide bonds. The van der Waals surface area contributed by atoms with Crippen molar-refractivity contribution in [2.75, 3.05) is 12.5 Å². The average molecular weight is 695 g/mol. The molecule has 0 bridgehead atoms. The first-order chi connectivity index (χ1) is 20.0. The van der Waals surface area contributed by atoms with Crippen LogP contribution in [0.25, 0.3) is 22.0 Å². The number of sulfone groups is 2. The smallest absolute Gasteiger partial charge is 0.418 e. The maximum atomic E-state index is 13.5. The van der Waals surface area contributed by atoms with Gasteiger partial charge in [-0.3, -0.25) is 15.0 Å². The third-order valence-electron chi connectivity index (χ3n) is 5.97. The molecule has 43 heavy (non-hydrogen) atoms. The molecule has 8 nitrogen and oxygen atoms in total. The van der Waals surface area contributed by atoms with Crippen LogP contribution in [-0.2, 0) is 25.9 Å². The van der Waals surface area contributed by atoms with E-state index in [1.807, 2.05) is 0 Å². The Kier molecular flexibility index (Phi) is 9.23. The summed E-state index contributed by atoms with van der Waals surface area (Å²) in [5.74, 6) is 0.604. The molecule has 2 aromatic carbocycles. The fraction of sp³-hybridized carbons (Fsp3) is 0.138. The number of para-hydroxylation sites is 1. The van der Waals surface area contributed by atoms with Gasteiger partial charge in [-0.1, -0.05) is 24.3 Å². The van der Waals surface area contributed by atoms with Crippen LogP contribution in [0.1, 0.15) is 11.1 Å². The summed E-state index contributed by atoms with van der Waals surface area (Å²) in [5.41, 5.74) is 1.02. The monoisotopic (exact) mass is 693 g/mol. The molecule has 0 fully saturated rings. The van der Waals surface area contributed by atoms with Crippen molar-refractivity contribution in [3.63, 3.8) is 0 Å². The number of aryl methyl sites for hydroxylation is 1. The van der Waals surface area contributed by atoms with E-state index in [2.05, 4.69) is 30.9 Å². The van der Waals surface area contributed by atoms with Crippen molar-refractivity contribution in [1.82, 2.24) is 15.0 Å². The molecule has 224 valence electrons. The molecular weight excluding hydrogens is 671 g/mol. The van der Waals surface area contributed by atoms with Crippen molar-refractivity contribution in [3.05, 3.63) is 101 Å². The van der Waals surface area contributed by atoms with Crippen LogP contribution in [0.5, 0.6) is 11.5 Å². The van der Waals surface area contributed by atoms with E-state index in [0.29, 0.717) is 32.3 Å². The van der Waals surface area contributed by atoms with E-state index in [0.717, 1.165) is 18.6 Å². The van der Waals surface area contributed by atoms with Gasteiger partial charge in [-0.05, 0) is 63.8 Å². The lowest BCUT2D eigenvalue weighted by atomic mass is 9.95. The molecule has 5 rings (SSSR count). The van der Waals surface area contributed by atoms with Gasteiger partial charge in [0.25, 0.3) is 0 Å². The zero-order chi connectivity index (χ0) is 31.6. The number of hydrogen-bond acceptors (Lipinski definition) is 8. The van der Waals surface area contributed by atoms with Crippen molar-refractivity contribution in [2.24, 2.45) is 0 Å². The van der Waals surface area contributed by atoms with Gasteiger partial charge < -0.3 is 4.74 Å². The van der Waals surface area contributed by atoms with E-state index in [1.54, 1.807) is 37.3 Å². The summed E-state index contributed by atoms with van der Waals surface area (Å²) in [6.07, 6.45) is 4.57. The summed E-state index contributed by atoms with van der Waals surface area (Å²) < 4.78 is 92.2. The summed E-state index contributed by atoms with van der Waals surface area (Å²) in [4.78, 5) is 11.9. The van der Waals surface area contributed by atoms with Crippen molar-refractivity contribution >= 4 is 46.5 Å². The predicted molar refractivity (Wildman–Crippen MR) is 159 cm³/mol. The Labute approximate surface area is 254 Å². The Morgan fingerprint density at radius 2 is 1.40 bits per heavy atom. The summed E-state index contributed by atoms with van der Waals surface area (Å²) in [6, 6.07) is 13.7. The number of halogens is 4. The van der Waals surface area contributed by atoms with E-state index in [4.69, 9.17) is 4.74 Å². The van der Waals surface area contributed by atoms with Gasteiger partial charge in [0.15, 0.2) is 19.7 Å². The Morgan fingerprint density at radius 3 is 2.00 bits per heavy atom. The first-order valence-electron chi connectivity index (χ1n) is 12.2.